The zero-order valence-corrected chi connectivity index (χ0v) is 9.33. The maximum absolute atomic E-state index is 6.12. The van der Waals surface area contributed by atoms with Gasteiger partial charge in [-0.3, -0.25) is 0 Å². The molecule has 0 amide bonds. The second-order valence-corrected chi connectivity index (χ2v) is 3.92. The fraction of sp³-hybridized carbons (Fsp3) is 0.167. The van der Waals surface area contributed by atoms with Gasteiger partial charge in [0.1, 0.15) is 0 Å². The van der Waals surface area contributed by atoms with E-state index in [1.165, 1.54) is 0 Å². The van der Waals surface area contributed by atoms with Crippen molar-refractivity contribution in [3.8, 4) is 11.1 Å². The van der Waals surface area contributed by atoms with Crippen LogP contribution in [0, 0.1) is 0 Å². The third-order valence-corrected chi connectivity index (χ3v) is 2.83. The Morgan fingerprint density at radius 2 is 2.07 bits per heavy atom. The summed E-state index contributed by atoms with van der Waals surface area (Å²) in [4.78, 5) is 0. The van der Waals surface area contributed by atoms with Gasteiger partial charge in [-0.2, -0.15) is 0 Å². The quantitative estimate of drug-likeness (QED) is 0.829. The van der Waals surface area contributed by atoms with Crippen LogP contribution >= 0.6 is 11.6 Å². The van der Waals surface area contributed by atoms with E-state index in [9.17, 15) is 0 Å². The molecule has 0 spiro atoms. The van der Waals surface area contributed by atoms with Crippen LogP contribution in [0.25, 0.3) is 11.1 Å². The van der Waals surface area contributed by atoms with E-state index in [-0.39, 0.29) is 0 Å². The lowest BCUT2D eigenvalue weighted by Crippen LogP contribution is -2.01. The van der Waals surface area contributed by atoms with Gasteiger partial charge in [-0.1, -0.05) is 29.8 Å². The van der Waals surface area contributed by atoms with Gasteiger partial charge >= 0.3 is 0 Å². The normalized spacial score (nSPS) is 10.6. The van der Waals surface area contributed by atoms with Crippen molar-refractivity contribution < 1.29 is 0 Å². The molecule has 1 aromatic heterocycles. The Balaban J connectivity index is 2.50. The van der Waals surface area contributed by atoms with E-state index >= 15 is 0 Å². The molecule has 3 heteroatoms. The first-order chi connectivity index (χ1) is 7.22. The largest absolute Gasteiger partial charge is 0.353 e. The lowest BCUT2D eigenvalue weighted by Gasteiger charge is -1.99. The summed E-state index contributed by atoms with van der Waals surface area (Å²) in [5.41, 5.74) is 8.89. The fourth-order valence-corrected chi connectivity index (χ4v) is 1.90. The van der Waals surface area contributed by atoms with Gasteiger partial charge in [0.05, 0.1) is 0 Å². The molecule has 0 saturated carbocycles. The number of aromatic nitrogens is 1. The highest BCUT2D eigenvalue weighted by Gasteiger charge is 2.06. The summed E-state index contributed by atoms with van der Waals surface area (Å²) in [6, 6.07) is 9.89. The molecule has 0 atom stereocenters. The van der Waals surface area contributed by atoms with Crippen LogP contribution in [0.5, 0.6) is 0 Å². The van der Waals surface area contributed by atoms with Crippen molar-refractivity contribution in [1.82, 2.24) is 4.57 Å². The molecule has 15 heavy (non-hydrogen) atoms. The second-order valence-electron chi connectivity index (χ2n) is 3.51. The fourth-order valence-electron chi connectivity index (χ4n) is 1.66. The summed E-state index contributed by atoms with van der Waals surface area (Å²) < 4.78 is 2.03. The molecule has 1 aromatic carbocycles. The second kappa shape index (κ2) is 4.09. The average Bonchev–Trinajstić information content (AvgIpc) is 2.60. The summed E-state index contributed by atoms with van der Waals surface area (Å²) in [5, 5.41) is 0.770. The summed E-state index contributed by atoms with van der Waals surface area (Å²) in [7, 11) is 1.99. The number of hydrogen-bond acceptors (Lipinski definition) is 1. The molecular weight excluding hydrogens is 208 g/mol. The molecule has 0 aliphatic heterocycles. The van der Waals surface area contributed by atoms with Crippen molar-refractivity contribution in [2.45, 2.75) is 6.54 Å². The van der Waals surface area contributed by atoms with E-state index in [0.717, 1.165) is 21.8 Å². The number of halogens is 1. The molecule has 0 aliphatic carbocycles. The maximum atomic E-state index is 6.12. The van der Waals surface area contributed by atoms with Crippen molar-refractivity contribution in [3.63, 3.8) is 0 Å². The van der Waals surface area contributed by atoms with Gasteiger partial charge in [-0.05, 0) is 12.1 Å². The Bertz CT molecular complexity index is 474. The number of aryl methyl sites for hydroxylation is 1. The van der Waals surface area contributed by atoms with Crippen LogP contribution in [0.4, 0.5) is 0 Å². The van der Waals surface area contributed by atoms with Crippen molar-refractivity contribution in [2.24, 2.45) is 12.8 Å². The number of nitrogens with two attached hydrogens (primary N) is 1. The molecule has 0 unspecified atom stereocenters. The van der Waals surface area contributed by atoms with Gasteiger partial charge in [0, 0.05) is 41.6 Å². The third-order valence-electron chi connectivity index (χ3n) is 2.50. The molecule has 0 bridgehead atoms. The predicted molar refractivity (Wildman–Crippen MR) is 63.8 cm³/mol. The van der Waals surface area contributed by atoms with Gasteiger partial charge in [-0.15, -0.1) is 0 Å². The summed E-state index contributed by atoms with van der Waals surface area (Å²) >= 11 is 6.12. The first-order valence-electron chi connectivity index (χ1n) is 4.82. The molecule has 2 N–H and O–H groups in total. The van der Waals surface area contributed by atoms with Gasteiger partial charge < -0.3 is 10.3 Å². The summed E-state index contributed by atoms with van der Waals surface area (Å²) in [6.45, 7) is 0.543. The SMILES string of the molecule is Cn1cc(-c2ccccc2Cl)cc1CN. The van der Waals surface area contributed by atoms with Crippen LogP contribution in [0.15, 0.2) is 36.5 Å². The molecular formula is C12H13ClN2. The average molecular weight is 221 g/mol. The monoisotopic (exact) mass is 220 g/mol. The number of rotatable bonds is 2. The minimum absolute atomic E-state index is 0.543. The van der Waals surface area contributed by atoms with E-state index in [1.54, 1.807) is 0 Å². The van der Waals surface area contributed by atoms with Crippen LogP contribution in [0.1, 0.15) is 5.69 Å². The number of hydrogen-bond donors (Lipinski definition) is 1. The topological polar surface area (TPSA) is 30.9 Å². The van der Waals surface area contributed by atoms with Gasteiger partial charge in [0.15, 0.2) is 0 Å². The molecule has 2 nitrogen and oxygen atoms in total. The minimum Gasteiger partial charge on any atom is -0.353 e. The van der Waals surface area contributed by atoms with Crippen molar-refractivity contribution in [3.05, 3.63) is 47.2 Å². The number of nitrogens with zero attached hydrogens (tertiary/aromatic N) is 1. The Morgan fingerprint density at radius 3 is 2.67 bits per heavy atom. The van der Waals surface area contributed by atoms with Gasteiger partial charge in [0.25, 0.3) is 0 Å². The van der Waals surface area contributed by atoms with E-state index in [0.29, 0.717) is 6.54 Å². The lowest BCUT2D eigenvalue weighted by atomic mass is 10.1. The zero-order chi connectivity index (χ0) is 10.8. The Kier molecular flexibility index (Phi) is 2.80. The molecule has 0 fully saturated rings. The van der Waals surface area contributed by atoms with Gasteiger partial charge in [-0.25, -0.2) is 0 Å². The van der Waals surface area contributed by atoms with Crippen LogP contribution in [-0.2, 0) is 13.6 Å². The first-order valence-corrected chi connectivity index (χ1v) is 5.20. The maximum Gasteiger partial charge on any atom is 0.0484 e. The van der Waals surface area contributed by atoms with Crippen molar-refractivity contribution in [2.75, 3.05) is 0 Å². The highest BCUT2D eigenvalue weighted by molar-refractivity contribution is 6.33. The number of benzene rings is 1. The Hall–Kier alpha value is -1.25. The molecule has 2 rings (SSSR count). The smallest absolute Gasteiger partial charge is 0.0484 e. The Labute approximate surface area is 94.3 Å². The molecule has 2 aromatic rings. The van der Waals surface area contributed by atoms with Crippen molar-refractivity contribution >= 4 is 11.6 Å². The van der Waals surface area contributed by atoms with Crippen molar-refractivity contribution in [1.29, 1.82) is 0 Å². The Morgan fingerprint density at radius 1 is 1.33 bits per heavy atom. The molecule has 0 radical (unpaired) electrons. The summed E-state index contributed by atoms with van der Waals surface area (Å²) in [5.74, 6) is 0. The van der Waals surface area contributed by atoms with E-state index in [1.807, 2.05) is 42.1 Å². The molecule has 78 valence electrons. The van der Waals surface area contributed by atoms with Crippen LogP contribution in [-0.4, -0.2) is 4.57 Å². The van der Waals surface area contributed by atoms with E-state index in [4.69, 9.17) is 17.3 Å². The molecule has 0 saturated heterocycles. The third kappa shape index (κ3) is 1.91. The first kappa shape index (κ1) is 10.3. The molecule has 0 aliphatic rings. The molecule has 1 heterocycles. The highest BCUT2D eigenvalue weighted by atomic mass is 35.5. The van der Waals surface area contributed by atoms with Crippen LogP contribution in [0.3, 0.4) is 0 Å². The highest BCUT2D eigenvalue weighted by Crippen LogP contribution is 2.28. The lowest BCUT2D eigenvalue weighted by molar-refractivity contribution is 0.824. The van der Waals surface area contributed by atoms with E-state index in [2.05, 4.69) is 6.07 Å². The zero-order valence-electron chi connectivity index (χ0n) is 8.57. The van der Waals surface area contributed by atoms with Crippen LogP contribution < -0.4 is 5.73 Å². The van der Waals surface area contributed by atoms with Gasteiger partial charge in [0.2, 0.25) is 0 Å². The predicted octanol–water partition coefficient (Wildman–Crippen LogP) is 2.80. The van der Waals surface area contributed by atoms with Crippen LogP contribution in [0.2, 0.25) is 5.02 Å². The minimum atomic E-state index is 0.543. The standard InChI is InChI=1S/C12H13ClN2/c1-15-8-9(6-10(15)7-14)11-4-2-3-5-12(11)13/h2-6,8H,7,14H2,1H3. The summed E-state index contributed by atoms with van der Waals surface area (Å²) in [6.07, 6.45) is 2.05. The van der Waals surface area contributed by atoms with E-state index < -0.39 is 0 Å².